The SMILES string of the molecule is Cc1ccc(-c2csc(NN=Cc3ccc(F)cc3)n2)cc1. The Bertz CT molecular complexity index is 776. The number of nitrogens with one attached hydrogen (secondary N) is 1. The molecule has 1 heterocycles. The molecule has 110 valence electrons. The lowest BCUT2D eigenvalue weighted by Crippen LogP contribution is -1.90. The standard InChI is InChI=1S/C17H14FN3S/c1-12-2-6-14(7-3-12)16-11-22-17(20-16)21-19-10-13-4-8-15(18)9-5-13/h2-11H,1H3,(H,20,21). The lowest BCUT2D eigenvalue weighted by Gasteiger charge is -1.97. The summed E-state index contributed by atoms with van der Waals surface area (Å²) in [5.74, 6) is -0.257. The molecule has 3 rings (SSSR count). The van der Waals surface area contributed by atoms with Crippen molar-refractivity contribution in [2.75, 3.05) is 5.43 Å². The van der Waals surface area contributed by atoms with Crippen LogP contribution < -0.4 is 5.43 Å². The van der Waals surface area contributed by atoms with E-state index in [2.05, 4.69) is 46.7 Å². The van der Waals surface area contributed by atoms with Gasteiger partial charge in [0, 0.05) is 10.9 Å². The average Bonchev–Trinajstić information content (AvgIpc) is 2.99. The lowest BCUT2D eigenvalue weighted by molar-refractivity contribution is 0.628. The third-order valence-corrected chi connectivity index (χ3v) is 3.84. The van der Waals surface area contributed by atoms with Gasteiger partial charge in [-0.2, -0.15) is 5.10 Å². The first-order valence-corrected chi connectivity index (χ1v) is 7.66. The molecule has 0 unspecified atom stereocenters. The first-order chi connectivity index (χ1) is 10.7. The van der Waals surface area contributed by atoms with E-state index in [0.717, 1.165) is 16.8 Å². The van der Waals surface area contributed by atoms with Crippen LogP contribution in [-0.2, 0) is 0 Å². The number of aromatic nitrogens is 1. The molecule has 0 spiro atoms. The summed E-state index contributed by atoms with van der Waals surface area (Å²) in [5.41, 5.74) is 6.94. The van der Waals surface area contributed by atoms with Crippen molar-refractivity contribution in [3.05, 3.63) is 70.9 Å². The lowest BCUT2D eigenvalue weighted by atomic mass is 10.1. The van der Waals surface area contributed by atoms with Gasteiger partial charge in [0.25, 0.3) is 0 Å². The average molecular weight is 311 g/mol. The van der Waals surface area contributed by atoms with Crippen molar-refractivity contribution < 1.29 is 4.39 Å². The molecule has 1 aromatic heterocycles. The molecule has 3 nitrogen and oxygen atoms in total. The zero-order chi connectivity index (χ0) is 15.4. The predicted octanol–water partition coefficient (Wildman–Crippen LogP) is 4.70. The van der Waals surface area contributed by atoms with E-state index in [1.165, 1.54) is 29.0 Å². The van der Waals surface area contributed by atoms with E-state index < -0.39 is 0 Å². The summed E-state index contributed by atoms with van der Waals surface area (Å²) in [6.07, 6.45) is 1.63. The Balaban J connectivity index is 1.66. The molecule has 0 amide bonds. The van der Waals surface area contributed by atoms with Crippen LogP contribution in [0.3, 0.4) is 0 Å². The third-order valence-electron chi connectivity index (χ3n) is 3.10. The summed E-state index contributed by atoms with van der Waals surface area (Å²) in [6, 6.07) is 14.4. The summed E-state index contributed by atoms with van der Waals surface area (Å²) in [7, 11) is 0. The third kappa shape index (κ3) is 3.56. The molecule has 0 aliphatic heterocycles. The van der Waals surface area contributed by atoms with Gasteiger partial charge in [0.1, 0.15) is 5.82 Å². The summed E-state index contributed by atoms with van der Waals surface area (Å²) >= 11 is 1.49. The maximum Gasteiger partial charge on any atom is 0.203 e. The Morgan fingerprint density at radius 1 is 1.09 bits per heavy atom. The summed E-state index contributed by atoms with van der Waals surface area (Å²) in [6.45, 7) is 2.06. The van der Waals surface area contributed by atoms with Crippen LogP contribution in [0.15, 0.2) is 59.0 Å². The van der Waals surface area contributed by atoms with Crippen LogP contribution in [0.25, 0.3) is 11.3 Å². The number of nitrogens with zero attached hydrogens (tertiary/aromatic N) is 2. The van der Waals surface area contributed by atoms with E-state index in [1.54, 1.807) is 18.3 Å². The Labute approximate surface area is 132 Å². The number of halogens is 1. The fraction of sp³-hybridized carbons (Fsp3) is 0.0588. The van der Waals surface area contributed by atoms with Crippen LogP contribution in [0.1, 0.15) is 11.1 Å². The smallest absolute Gasteiger partial charge is 0.203 e. The molecule has 0 aliphatic rings. The van der Waals surface area contributed by atoms with Crippen molar-refractivity contribution in [1.82, 2.24) is 4.98 Å². The first kappa shape index (κ1) is 14.4. The summed E-state index contributed by atoms with van der Waals surface area (Å²) in [5, 5.41) is 6.82. The van der Waals surface area contributed by atoms with Crippen LogP contribution in [0.5, 0.6) is 0 Å². The van der Waals surface area contributed by atoms with Crippen LogP contribution >= 0.6 is 11.3 Å². The Hall–Kier alpha value is -2.53. The van der Waals surface area contributed by atoms with E-state index in [9.17, 15) is 4.39 Å². The minimum absolute atomic E-state index is 0.257. The van der Waals surface area contributed by atoms with E-state index in [1.807, 2.05) is 5.38 Å². The van der Waals surface area contributed by atoms with Gasteiger partial charge in [-0.25, -0.2) is 9.37 Å². The molecule has 5 heteroatoms. The zero-order valence-corrected chi connectivity index (χ0v) is 12.8. The van der Waals surface area contributed by atoms with Crippen molar-refractivity contribution in [3.8, 4) is 11.3 Å². The number of rotatable bonds is 4. The quantitative estimate of drug-likeness (QED) is 0.560. The van der Waals surface area contributed by atoms with Crippen molar-refractivity contribution >= 4 is 22.7 Å². The molecular weight excluding hydrogens is 297 g/mol. The molecular formula is C17H14FN3S. The van der Waals surface area contributed by atoms with Gasteiger partial charge >= 0.3 is 0 Å². The van der Waals surface area contributed by atoms with Crippen molar-refractivity contribution in [2.24, 2.45) is 5.10 Å². The van der Waals surface area contributed by atoms with Gasteiger partial charge < -0.3 is 0 Å². The maximum absolute atomic E-state index is 12.8. The molecule has 0 atom stereocenters. The number of anilines is 1. The highest BCUT2D eigenvalue weighted by molar-refractivity contribution is 7.14. The second-order valence-electron chi connectivity index (χ2n) is 4.83. The van der Waals surface area contributed by atoms with Gasteiger partial charge in [-0.3, -0.25) is 5.43 Å². The van der Waals surface area contributed by atoms with Crippen LogP contribution in [0, 0.1) is 12.7 Å². The van der Waals surface area contributed by atoms with Crippen LogP contribution in [0.4, 0.5) is 9.52 Å². The number of thiazole rings is 1. The van der Waals surface area contributed by atoms with Gasteiger partial charge in [-0.1, -0.05) is 42.0 Å². The molecule has 0 saturated heterocycles. The van der Waals surface area contributed by atoms with Crippen LogP contribution in [-0.4, -0.2) is 11.2 Å². The molecule has 1 N–H and O–H groups in total. The number of hydrazone groups is 1. The molecule has 0 radical (unpaired) electrons. The highest BCUT2D eigenvalue weighted by Gasteiger charge is 2.03. The predicted molar refractivity (Wildman–Crippen MR) is 89.9 cm³/mol. The number of benzene rings is 2. The van der Waals surface area contributed by atoms with E-state index in [0.29, 0.717) is 5.13 Å². The highest BCUT2D eigenvalue weighted by atomic mass is 32.1. The number of aryl methyl sites for hydroxylation is 1. The topological polar surface area (TPSA) is 37.3 Å². The molecule has 0 saturated carbocycles. The number of hydrogen-bond acceptors (Lipinski definition) is 4. The molecule has 3 aromatic rings. The minimum Gasteiger partial charge on any atom is -0.253 e. The molecule has 0 bridgehead atoms. The summed E-state index contributed by atoms with van der Waals surface area (Å²) in [4.78, 5) is 4.49. The summed E-state index contributed by atoms with van der Waals surface area (Å²) < 4.78 is 12.8. The zero-order valence-electron chi connectivity index (χ0n) is 12.0. The van der Waals surface area contributed by atoms with Gasteiger partial charge in [0.05, 0.1) is 11.9 Å². The van der Waals surface area contributed by atoms with E-state index in [-0.39, 0.29) is 5.82 Å². The maximum atomic E-state index is 12.8. The Morgan fingerprint density at radius 2 is 1.82 bits per heavy atom. The largest absolute Gasteiger partial charge is 0.253 e. The van der Waals surface area contributed by atoms with Gasteiger partial charge in [0.2, 0.25) is 5.13 Å². The van der Waals surface area contributed by atoms with Crippen LogP contribution in [0.2, 0.25) is 0 Å². The first-order valence-electron chi connectivity index (χ1n) is 6.78. The number of hydrogen-bond donors (Lipinski definition) is 1. The van der Waals surface area contributed by atoms with Gasteiger partial charge in [-0.05, 0) is 24.6 Å². The molecule has 2 aromatic carbocycles. The normalized spacial score (nSPS) is 11.0. The van der Waals surface area contributed by atoms with Crippen molar-refractivity contribution in [1.29, 1.82) is 0 Å². The Morgan fingerprint density at radius 3 is 2.55 bits per heavy atom. The van der Waals surface area contributed by atoms with E-state index >= 15 is 0 Å². The molecule has 0 aliphatic carbocycles. The molecule has 22 heavy (non-hydrogen) atoms. The van der Waals surface area contributed by atoms with Crippen molar-refractivity contribution in [3.63, 3.8) is 0 Å². The highest BCUT2D eigenvalue weighted by Crippen LogP contribution is 2.25. The second-order valence-corrected chi connectivity index (χ2v) is 5.68. The second kappa shape index (κ2) is 6.49. The van der Waals surface area contributed by atoms with E-state index in [4.69, 9.17) is 0 Å². The fourth-order valence-electron chi connectivity index (χ4n) is 1.89. The van der Waals surface area contributed by atoms with Gasteiger partial charge in [0.15, 0.2) is 0 Å². The fourth-order valence-corrected chi connectivity index (χ4v) is 2.56. The Kier molecular flexibility index (Phi) is 4.25. The molecule has 0 fully saturated rings. The monoisotopic (exact) mass is 311 g/mol. The minimum atomic E-state index is -0.257. The van der Waals surface area contributed by atoms with Crippen molar-refractivity contribution in [2.45, 2.75) is 6.92 Å². The van der Waals surface area contributed by atoms with Gasteiger partial charge in [-0.15, -0.1) is 11.3 Å².